The van der Waals surface area contributed by atoms with Crippen LogP contribution in [-0.2, 0) is 11.0 Å². The van der Waals surface area contributed by atoms with Crippen LogP contribution in [0.25, 0.3) is 22.2 Å². The van der Waals surface area contributed by atoms with Gasteiger partial charge in [-0.2, -0.15) is 23.1 Å². The summed E-state index contributed by atoms with van der Waals surface area (Å²) in [5.41, 5.74) is 3.60. The third-order valence-electron chi connectivity index (χ3n) is 10.5. The quantitative estimate of drug-likeness (QED) is 0.224. The Morgan fingerprint density at radius 2 is 2.06 bits per heavy atom. The van der Waals surface area contributed by atoms with E-state index in [0.29, 0.717) is 12.4 Å². The number of hydrogen-bond donors (Lipinski definition) is 1. The van der Waals surface area contributed by atoms with Crippen LogP contribution < -0.4 is 20.1 Å². The minimum atomic E-state index is -4.90. The summed E-state index contributed by atoms with van der Waals surface area (Å²) in [5.74, 6) is -1.13. The van der Waals surface area contributed by atoms with Gasteiger partial charge in [-0.15, -0.1) is 0 Å². The first-order valence-corrected chi connectivity index (χ1v) is 16.0. The van der Waals surface area contributed by atoms with Gasteiger partial charge in [-0.05, 0) is 57.2 Å². The third-order valence-corrected chi connectivity index (χ3v) is 10.9. The van der Waals surface area contributed by atoms with E-state index in [2.05, 4.69) is 21.4 Å². The van der Waals surface area contributed by atoms with Crippen molar-refractivity contribution in [3.8, 4) is 23.0 Å². The second-order valence-electron chi connectivity index (χ2n) is 13.3. The van der Waals surface area contributed by atoms with E-state index in [4.69, 9.17) is 31.8 Å². The van der Waals surface area contributed by atoms with Gasteiger partial charge in [0.1, 0.15) is 30.4 Å². The minimum absolute atomic E-state index is 0.0177. The standard InChI is InChI=1S/C32H32ClF4N7O3/c1-15-9-31(6-3-7-42(31)10-15)13-47-30-40-27-22-28(46-12-19-18-5-4-17(44(18)14-45)11-43(19)29(22)41-30)24(33)21(25(27)34)26-23(32(35,36)37)16(2)8-20(38)39-26/h8,14,17-19H,1,3-7,9-13H2,2H3,(H2,38,39). The summed E-state index contributed by atoms with van der Waals surface area (Å²) < 4.78 is 72.9. The molecule has 5 aliphatic heterocycles. The van der Waals surface area contributed by atoms with Gasteiger partial charge in [-0.3, -0.25) is 9.69 Å². The number of pyridine rings is 1. The van der Waals surface area contributed by atoms with Crippen molar-refractivity contribution in [3.05, 3.63) is 40.2 Å². The maximum Gasteiger partial charge on any atom is 0.418 e. The Morgan fingerprint density at radius 1 is 1.26 bits per heavy atom. The van der Waals surface area contributed by atoms with Gasteiger partial charge in [0.15, 0.2) is 11.6 Å². The van der Waals surface area contributed by atoms with Crippen LogP contribution in [0.4, 0.5) is 29.2 Å². The Kier molecular flexibility index (Phi) is 6.83. The van der Waals surface area contributed by atoms with Crippen molar-refractivity contribution in [2.24, 2.45) is 0 Å². The van der Waals surface area contributed by atoms with Crippen LogP contribution in [0.5, 0.6) is 11.8 Å². The molecule has 4 unspecified atom stereocenters. The molecule has 8 rings (SSSR count). The van der Waals surface area contributed by atoms with Crippen molar-refractivity contribution in [1.29, 1.82) is 0 Å². The molecule has 1 aromatic carbocycles. The average Bonchev–Trinajstić information content (AvgIpc) is 3.59. The molecule has 3 aromatic rings. The van der Waals surface area contributed by atoms with Crippen LogP contribution in [-0.4, -0.2) is 87.7 Å². The Hall–Kier alpha value is -3.91. The van der Waals surface area contributed by atoms with Gasteiger partial charge < -0.3 is 25.0 Å². The number of carbonyl (C=O) groups is 1. The molecule has 5 aliphatic rings. The van der Waals surface area contributed by atoms with Crippen LogP contribution in [0.3, 0.4) is 0 Å². The van der Waals surface area contributed by atoms with E-state index in [0.717, 1.165) is 63.2 Å². The topological polar surface area (TPSA) is 110 Å². The molecular weight excluding hydrogens is 642 g/mol. The number of nitrogen functional groups attached to an aromatic ring is 1. The second-order valence-corrected chi connectivity index (χ2v) is 13.7. The van der Waals surface area contributed by atoms with Crippen molar-refractivity contribution < 1.29 is 31.8 Å². The zero-order chi connectivity index (χ0) is 33.0. The van der Waals surface area contributed by atoms with Crippen LogP contribution >= 0.6 is 11.6 Å². The summed E-state index contributed by atoms with van der Waals surface area (Å²) in [4.78, 5) is 31.4. The molecule has 7 heterocycles. The van der Waals surface area contributed by atoms with Gasteiger partial charge in [-0.25, -0.2) is 9.37 Å². The number of rotatable bonds is 5. The molecule has 0 spiro atoms. The van der Waals surface area contributed by atoms with Gasteiger partial charge >= 0.3 is 12.2 Å². The van der Waals surface area contributed by atoms with Crippen molar-refractivity contribution in [3.63, 3.8) is 0 Å². The summed E-state index contributed by atoms with van der Waals surface area (Å²) in [7, 11) is 0. The number of aryl methyl sites for hydroxylation is 1. The number of halogens is 5. The lowest BCUT2D eigenvalue weighted by atomic mass is 9.94. The van der Waals surface area contributed by atoms with E-state index in [9.17, 15) is 18.0 Å². The third kappa shape index (κ3) is 4.54. The van der Waals surface area contributed by atoms with E-state index in [1.54, 1.807) is 4.90 Å². The van der Waals surface area contributed by atoms with Crippen molar-refractivity contribution in [2.45, 2.75) is 68.9 Å². The number of nitrogens with two attached hydrogens (primary N) is 1. The summed E-state index contributed by atoms with van der Waals surface area (Å²) in [5, 5.41) is -0.284. The van der Waals surface area contributed by atoms with Crippen molar-refractivity contribution in [2.75, 3.05) is 43.5 Å². The van der Waals surface area contributed by atoms with E-state index >= 15 is 4.39 Å². The summed E-state index contributed by atoms with van der Waals surface area (Å²) in [6.45, 7) is 7.71. The molecule has 47 heavy (non-hydrogen) atoms. The lowest BCUT2D eigenvalue weighted by Crippen LogP contribution is -2.61. The molecule has 0 aliphatic carbocycles. The minimum Gasteiger partial charge on any atom is -0.489 e. The first-order valence-electron chi connectivity index (χ1n) is 15.6. The molecule has 10 nitrogen and oxygen atoms in total. The van der Waals surface area contributed by atoms with Gasteiger partial charge in [-0.1, -0.05) is 23.8 Å². The highest BCUT2D eigenvalue weighted by Crippen LogP contribution is 2.52. The predicted molar refractivity (Wildman–Crippen MR) is 166 cm³/mol. The number of aromatic nitrogens is 3. The fraction of sp³-hybridized carbons (Fsp3) is 0.500. The van der Waals surface area contributed by atoms with E-state index < -0.39 is 33.8 Å². The largest absolute Gasteiger partial charge is 0.489 e. The van der Waals surface area contributed by atoms with Crippen LogP contribution in [0.2, 0.25) is 5.02 Å². The number of alkyl halides is 3. The van der Waals surface area contributed by atoms with E-state index in [-0.39, 0.29) is 70.9 Å². The lowest BCUT2D eigenvalue weighted by Gasteiger charge is -2.45. The normalized spacial score (nSPS) is 26.8. The van der Waals surface area contributed by atoms with E-state index in [1.807, 2.05) is 4.90 Å². The Labute approximate surface area is 272 Å². The molecule has 4 saturated heterocycles. The highest BCUT2D eigenvalue weighted by molar-refractivity contribution is 6.36. The summed E-state index contributed by atoms with van der Waals surface area (Å²) in [6, 6.07) is 0.243. The maximum absolute atomic E-state index is 17.0. The fourth-order valence-electron chi connectivity index (χ4n) is 8.59. The maximum atomic E-state index is 17.0. The predicted octanol–water partition coefficient (Wildman–Crippen LogP) is 5.14. The van der Waals surface area contributed by atoms with Crippen LogP contribution in [0.1, 0.15) is 43.2 Å². The van der Waals surface area contributed by atoms with Crippen molar-refractivity contribution >= 4 is 40.5 Å². The zero-order valence-corrected chi connectivity index (χ0v) is 26.3. The molecule has 248 valence electrons. The number of amides is 1. The second kappa shape index (κ2) is 10.5. The Morgan fingerprint density at radius 3 is 2.83 bits per heavy atom. The smallest absolute Gasteiger partial charge is 0.418 e. The summed E-state index contributed by atoms with van der Waals surface area (Å²) in [6.07, 6.45) is 0.0631. The number of anilines is 2. The van der Waals surface area contributed by atoms with Gasteiger partial charge in [0.2, 0.25) is 6.41 Å². The average molecular weight is 674 g/mol. The van der Waals surface area contributed by atoms with Gasteiger partial charge in [0, 0.05) is 19.1 Å². The monoisotopic (exact) mass is 673 g/mol. The molecular formula is C32H32ClF4N7O3. The first kappa shape index (κ1) is 30.4. The number of carbonyl (C=O) groups excluding carboxylic acids is 1. The molecule has 0 saturated carbocycles. The number of hydrogen-bond acceptors (Lipinski definition) is 9. The molecule has 2 bridgehead atoms. The fourth-order valence-corrected chi connectivity index (χ4v) is 8.91. The molecule has 2 N–H and O–H groups in total. The number of nitrogens with zero attached hydrogens (tertiary/aromatic N) is 6. The lowest BCUT2D eigenvalue weighted by molar-refractivity contribution is -0.137. The van der Waals surface area contributed by atoms with Crippen molar-refractivity contribution in [1.82, 2.24) is 24.8 Å². The number of ether oxygens (including phenoxy) is 2. The SMILES string of the molecule is C=C1CN2CCCC2(COc2nc3c4c(c(Cl)c(-c5nc(N)cc(C)c5C(F)(F)F)c(F)c4n2)OCC2C4CCC(CN32)N4C=O)C1. The Balaban J connectivity index is 1.34. The molecule has 4 atom stereocenters. The highest BCUT2D eigenvalue weighted by Gasteiger charge is 2.50. The molecule has 2 aromatic heterocycles. The summed E-state index contributed by atoms with van der Waals surface area (Å²) >= 11 is 6.83. The number of fused-ring (bicyclic) bond motifs is 6. The molecule has 0 radical (unpaired) electrons. The zero-order valence-electron chi connectivity index (χ0n) is 25.5. The number of piperazine rings is 1. The van der Waals surface area contributed by atoms with E-state index in [1.165, 1.54) is 6.92 Å². The van der Waals surface area contributed by atoms with Gasteiger partial charge in [0.05, 0.1) is 44.9 Å². The highest BCUT2D eigenvalue weighted by atomic mass is 35.5. The molecule has 1 amide bonds. The van der Waals surface area contributed by atoms with Crippen LogP contribution in [0, 0.1) is 12.7 Å². The van der Waals surface area contributed by atoms with Gasteiger partial charge in [0.25, 0.3) is 0 Å². The molecule has 15 heteroatoms. The Bertz CT molecular complexity index is 1860. The first-order chi connectivity index (χ1) is 22.4. The number of benzene rings is 1. The molecule has 4 fully saturated rings. The van der Waals surface area contributed by atoms with Crippen LogP contribution in [0.15, 0.2) is 18.2 Å².